The third-order valence-electron chi connectivity index (χ3n) is 4.90. The van der Waals surface area contributed by atoms with Gasteiger partial charge in [0, 0.05) is 48.3 Å². The topological polar surface area (TPSA) is 0 Å². The maximum Gasteiger partial charge on any atom is 0.0418 e. The number of halogens is 10. The first-order valence-corrected chi connectivity index (χ1v) is 16.7. The Bertz CT molecular complexity index is 352. The van der Waals surface area contributed by atoms with E-state index < -0.39 is 0 Å². The van der Waals surface area contributed by atoms with Crippen LogP contribution in [-0.2, 0) is 0 Å². The molecule has 0 bridgehead atoms. The summed E-state index contributed by atoms with van der Waals surface area (Å²) in [5.74, 6) is 1.13. The summed E-state index contributed by atoms with van der Waals surface area (Å²) in [5, 5.41) is 0. The van der Waals surface area contributed by atoms with Gasteiger partial charge < -0.3 is 0 Å². The number of hydrogen-bond acceptors (Lipinski definition) is 0. The molecular formula is C14H16Br10. The minimum Gasteiger partial charge on any atom is -0.0875 e. The highest BCUT2D eigenvalue weighted by Gasteiger charge is 2.49. The minimum absolute atomic E-state index is 0.401. The highest BCUT2D eigenvalue weighted by atomic mass is 79.9. The van der Waals surface area contributed by atoms with Gasteiger partial charge in [-0.3, -0.25) is 0 Å². The van der Waals surface area contributed by atoms with Crippen molar-refractivity contribution in [2.75, 3.05) is 0 Å². The highest BCUT2D eigenvalue weighted by molar-refractivity contribution is 9.16. The lowest BCUT2D eigenvalue weighted by Crippen LogP contribution is -2.52. The van der Waals surface area contributed by atoms with Crippen LogP contribution in [0.25, 0.3) is 0 Å². The SMILES string of the molecule is BrC1C(Br)C(Br)C(CCC2C(Br)C(Br)C(Br)C(Br)C2Br)C(Br)C1Br. The Morgan fingerprint density at radius 1 is 0.292 bits per heavy atom. The Kier molecular flexibility index (Phi) is 11.4. The molecular weight excluding hydrogens is 967 g/mol. The normalized spacial score (nSPS) is 56.2. The van der Waals surface area contributed by atoms with Crippen molar-refractivity contribution in [3.05, 3.63) is 0 Å². The van der Waals surface area contributed by atoms with E-state index in [1.54, 1.807) is 0 Å². The van der Waals surface area contributed by atoms with Crippen LogP contribution in [0.2, 0.25) is 0 Å². The van der Waals surface area contributed by atoms with Gasteiger partial charge in [0.25, 0.3) is 0 Å². The average molecular weight is 983 g/mol. The van der Waals surface area contributed by atoms with Crippen molar-refractivity contribution in [1.29, 1.82) is 0 Å². The van der Waals surface area contributed by atoms with E-state index in [1.807, 2.05) is 0 Å². The van der Waals surface area contributed by atoms with Crippen molar-refractivity contribution in [1.82, 2.24) is 0 Å². The van der Waals surface area contributed by atoms with Crippen LogP contribution in [0, 0.1) is 11.8 Å². The molecule has 0 radical (unpaired) electrons. The molecule has 0 aliphatic heterocycles. The summed E-state index contributed by atoms with van der Waals surface area (Å²) in [6.07, 6.45) is 2.36. The van der Waals surface area contributed by atoms with E-state index in [9.17, 15) is 0 Å². The maximum absolute atomic E-state index is 3.94. The number of hydrogen-bond donors (Lipinski definition) is 0. The van der Waals surface area contributed by atoms with E-state index in [1.165, 1.54) is 12.8 Å². The summed E-state index contributed by atoms with van der Waals surface area (Å²) in [4.78, 5) is 4.19. The molecule has 0 nitrogen and oxygen atoms in total. The van der Waals surface area contributed by atoms with Gasteiger partial charge in [-0.2, -0.15) is 0 Å². The lowest BCUT2D eigenvalue weighted by Gasteiger charge is -2.45. The van der Waals surface area contributed by atoms with E-state index in [0.29, 0.717) is 60.1 Å². The first kappa shape index (κ1) is 25.1. The van der Waals surface area contributed by atoms with E-state index in [4.69, 9.17) is 0 Å². The molecule has 10 heteroatoms. The molecule has 0 amide bonds. The molecule has 2 fully saturated rings. The van der Waals surface area contributed by atoms with Crippen LogP contribution in [0.15, 0.2) is 0 Å². The lowest BCUT2D eigenvalue weighted by molar-refractivity contribution is 0.325. The molecule has 2 aliphatic rings. The first-order valence-electron chi connectivity index (χ1n) is 7.50. The fourth-order valence-corrected chi connectivity index (χ4v) is 14.5. The third-order valence-corrected chi connectivity index (χ3v) is 22.4. The summed E-state index contributed by atoms with van der Waals surface area (Å²) in [7, 11) is 0. The molecule has 0 spiro atoms. The first-order chi connectivity index (χ1) is 11.1. The Labute approximate surface area is 228 Å². The van der Waals surface area contributed by atoms with E-state index in [-0.39, 0.29) is 0 Å². The lowest BCUT2D eigenvalue weighted by atomic mass is 9.79. The van der Waals surface area contributed by atoms with Gasteiger partial charge in [0.1, 0.15) is 0 Å². The molecule has 0 aromatic rings. The summed E-state index contributed by atoms with van der Waals surface area (Å²) >= 11 is 38.8. The minimum atomic E-state index is 0.401. The molecule has 0 saturated heterocycles. The van der Waals surface area contributed by atoms with Gasteiger partial charge in [0.15, 0.2) is 0 Å². The predicted octanol–water partition coefficient (Wildman–Crippen LogP) is 8.66. The highest BCUT2D eigenvalue weighted by Crippen LogP contribution is 2.50. The fraction of sp³-hybridized carbons (Fsp3) is 1.00. The number of alkyl halides is 10. The van der Waals surface area contributed by atoms with E-state index >= 15 is 0 Å². The van der Waals surface area contributed by atoms with Crippen LogP contribution in [-0.4, -0.2) is 48.3 Å². The molecule has 142 valence electrons. The van der Waals surface area contributed by atoms with Crippen LogP contribution in [0.1, 0.15) is 12.8 Å². The van der Waals surface area contributed by atoms with Gasteiger partial charge in [-0.25, -0.2) is 0 Å². The predicted molar refractivity (Wildman–Crippen MR) is 143 cm³/mol. The zero-order valence-electron chi connectivity index (χ0n) is 12.1. The van der Waals surface area contributed by atoms with Crippen LogP contribution < -0.4 is 0 Å². The van der Waals surface area contributed by atoms with Crippen LogP contribution >= 0.6 is 159 Å². The standard InChI is InChI=1S/C14H16Br10/c15-5-3(6(16)10(20)13(23)9(5)19)1-2-4-7(17)11(21)14(24)12(22)8(4)18/h3-14H,1-2H2. The second-order valence-corrected chi connectivity index (χ2v) is 16.9. The van der Waals surface area contributed by atoms with Crippen molar-refractivity contribution in [2.45, 2.75) is 61.1 Å². The Balaban J connectivity index is 2.06. The Hall–Kier alpha value is 4.80. The largest absolute Gasteiger partial charge is 0.0875 e. The summed E-state index contributed by atoms with van der Waals surface area (Å²) in [5.41, 5.74) is 0. The van der Waals surface area contributed by atoms with Gasteiger partial charge in [-0.1, -0.05) is 159 Å². The fourth-order valence-electron chi connectivity index (χ4n) is 3.37. The zero-order valence-corrected chi connectivity index (χ0v) is 28.0. The zero-order chi connectivity index (χ0) is 18.3. The molecule has 0 N–H and O–H groups in total. The quantitative estimate of drug-likeness (QED) is 0.249. The van der Waals surface area contributed by atoms with E-state index in [0.717, 1.165) is 0 Å². The second-order valence-electron chi connectivity index (χ2n) is 6.35. The van der Waals surface area contributed by atoms with Gasteiger partial charge in [-0.05, 0) is 24.7 Å². The van der Waals surface area contributed by atoms with Gasteiger partial charge >= 0.3 is 0 Å². The number of rotatable bonds is 3. The monoisotopic (exact) mass is 973 g/mol. The molecule has 0 heterocycles. The molecule has 24 heavy (non-hydrogen) atoms. The molecule has 2 saturated carbocycles. The van der Waals surface area contributed by atoms with Gasteiger partial charge in [0.05, 0.1) is 0 Å². The average Bonchev–Trinajstić information content (AvgIpc) is 2.57. The van der Waals surface area contributed by atoms with Crippen molar-refractivity contribution in [2.24, 2.45) is 11.8 Å². The second kappa shape index (κ2) is 10.9. The van der Waals surface area contributed by atoms with Gasteiger partial charge in [-0.15, -0.1) is 0 Å². The van der Waals surface area contributed by atoms with Gasteiger partial charge in [0.2, 0.25) is 0 Å². The maximum atomic E-state index is 3.94. The summed E-state index contributed by atoms with van der Waals surface area (Å²) in [6.45, 7) is 0. The molecule has 8 unspecified atom stereocenters. The molecule has 2 aliphatic carbocycles. The van der Waals surface area contributed by atoms with Crippen molar-refractivity contribution < 1.29 is 0 Å². The van der Waals surface area contributed by atoms with Crippen molar-refractivity contribution >= 4 is 159 Å². The van der Waals surface area contributed by atoms with Crippen LogP contribution in [0.3, 0.4) is 0 Å². The summed E-state index contributed by atoms with van der Waals surface area (Å²) < 4.78 is 0. The van der Waals surface area contributed by atoms with Crippen molar-refractivity contribution in [3.63, 3.8) is 0 Å². The summed E-state index contributed by atoms with van der Waals surface area (Å²) in [6, 6.07) is 0. The Morgan fingerprint density at radius 2 is 0.458 bits per heavy atom. The smallest absolute Gasteiger partial charge is 0.0418 e. The van der Waals surface area contributed by atoms with Crippen LogP contribution in [0.4, 0.5) is 0 Å². The molecule has 2 rings (SSSR count). The van der Waals surface area contributed by atoms with Crippen molar-refractivity contribution in [3.8, 4) is 0 Å². The third kappa shape index (κ3) is 5.34. The van der Waals surface area contributed by atoms with E-state index in [2.05, 4.69) is 159 Å². The van der Waals surface area contributed by atoms with Crippen LogP contribution in [0.5, 0.6) is 0 Å². The molecule has 8 atom stereocenters. The molecule has 0 aromatic carbocycles. The molecule has 0 aromatic heterocycles. The Morgan fingerprint density at radius 3 is 0.667 bits per heavy atom.